The average Bonchev–Trinajstić information content (AvgIpc) is 2.85. The number of ether oxygens (including phenoxy) is 2. The van der Waals surface area contributed by atoms with E-state index in [0.29, 0.717) is 0 Å². The molecule has 1 fully saturated rings. The molecule has 1 aliphatic heterocycles. The number of Topliss-reactive ketones (excluding diaryl/α,β-unsaturated/α-hetero) is 1. The Morgan fingerprint density at radius 1 is 1.08 bits per heavy atom. The number of fused-ring (bicyclic) bond motifs is 3. The van der Waals surface area contributed by atoms with Crippen LogP contribution in [0.4, 0.5) is 0 Å². The van der Waals surface area contributed by atoms with Crippen molar-refractivity contribution in [1.82, 2.24) is 0 Å². The van der Waals surface area contributed by atoms with E-state index in [1.165, 1.54) is 19.1 Å². The Morgan fingerprint density at radius 2 is 1.65 bits per heavy atom. The molecule has 0 saturated carbocycles. The molecule has 6 N–H and O–H groups in total. The molecule has 5 rings (SSSR count). The van der Waals surface area contributed by atoms with E-state index in [2.05, 4.69) is 0 Å². The summed E-state index contributed by atoms with van der Waals surface area (Å²) < 4.78 is 11.9. The minimum absolute atomic E-state index is 0.00819. The Kier molecular flexibility index (Phi) is 6.00. The number of nitrogens with two attached hydrogens (primary N) is 1. The van der Waals surface area contributed by atoms with Gasteiger partial charge in [-0.1, -0.05) is 31.2 Å². The number of hydrogen-bond acceptors (Lipinski definition) is 10. The van der Waals surface area contributed by atoms with Gasteiger partial charge in [0.1, 0.15) is 17.1 Å². The summed E-state index contributed by atoms with van der Waals surface area (Å²) in [6.45, 7) is 4.37. The SMILES string of the molecule is CC(=O)C1(O)Cc2c(O)c3c(c(O)c2C(OC2CC(N)C(O)C(C)O2)C1C)C(=O)c1ccccc1C3=O. The first kappa shape index (κ1) is 25.5. The third-order valence-electron chi connectivity index (χ3n) is 8.06. The lowest BCUT2D eigenvalue weighted by atomic mass is 9.67. The molecule has 0 radical (unpaired) electrons. The first-order valence-corrected chi connectivity index (χ1v) is 12.2. The second-order valence-corrected chi connectivity index (χ2v) is 10.2. The first-order valence-electron chi connectivity index (χ1n) is 12.2. The second-order valence-electron chi connectivity index (χ2n) is 10.2. The van der Waals surface area contributed by atoms with Gasteiger partial charge in [-0.05, 0) is 13.8 Å². The molecule has 0 aromatic heterocycles. The van der Waals surface area contributed by atoms with Crippen LogP contribution in [0, 0.1) is 5.92 Å². The minimum Gasteiger partial charge on any atom is -0.507 e. The van der Waals surface area contributed by atoms with Crippen LogP contribution in [0.2, 0.25) is 0 Å². The van der Waals surface area contributed by atoms with E-state index in [-0.39, 0.29) is 39.8 Å². The molecule has 2 aromatic rings. The van der Waals surface area contributed by atoms with Crippen LogP contribution in [-0.4, -0.2) is 67.9 Å². The average molecular weight is 512 g/mol. The molecule has 7 atom stereocenters. The van der Waals surface area contributed by atoms with Crippen molar-refractivity contribution in [1.29, 1.82) is 0 Å². The second kappa shape index (κ2) is 8.71. The molecule has 2 aromatic carbocycles. The van der Waals surface area contributed by atoms with Crippen molar-refractivity contribution in [2.75, 3.05) is 0 Å². The molecule has 0 spiro atoms. The van der Waals surface area contributed by atoms with Crippen molar-refractivity contribution in [3.05, 3.63) is 57.6 Å². The van der Waals surface area contributed by atoms with Crippen LogP contribution in [-0.2, 0) is 20.7 Å². The maximum absolute atomic E-state index is 13.4. The van der Waals surface area contributed by atoms with Crippen LogP contribution in [0.3, 0.4) is 0 Å². The molecule has 196 valence electrons. The van der Waals surface area contributed by atoms with Crippen LogP contribution in [0.1, 0.15) is 76.3 Å². The number of hydrogen-bond donors (Lipinski definition) is 5. The zero-order valence-electron chi connectivity index (χ0n) is 20.6. The zero-order valence-corrected chi connectivity index (χ0v) is 20.6. The number of aliphatic hydroxyl groups excluding tert-OH is 1. The van der Waals surface area contributed by atoms with Crippen LogP contribution in [0.15, 0.2) is 24.3 Å². The lowest BCUT2D eigenvalue weighted by molar-refractivity contribution is -0.256. The third kappa shape index (κ3) is 3.63. The Hall–Kier alpha value is -3.15. The maximum atomic E-state index is 13.4. The van der Waals surface area contributed by atoms with Gasteiger partial charge in [-0.25, -0.2) is 0 Å². The summed E-state index contributed by atoms with van der Waals surface area (Å²) in [5, 5.41) is 44.3. The summed E-state index contributed by atoms with van der Waals surface area (Å²) in [5.74, 6) is -4.02. The lowest BCUT2D eigenvalue weighted by Crippen LogP contribution is -2.54. The number of ketones is 3. The predicted octanol–water partition coefficient (Wildman–Crippen LogP) is 1.27. The van der Waals surface area contributed by atoms with Gasteiger partial charge in [-0.2, -0.15) is 0 Å². The van der Waals surface area contributed by atoms with Crippen molar-refractivity contribution in [3.8, 4) is 11.5 Å². The van der Waals surface area contributed by atoms with E-state index < -0.39 is 77.4 Å². The summed E-state index contributed by atoms with van der Waals surface area (Å²) in [6.07, 6.45) is -4.16. The first-order chi connectivity index (χ1) is 17.4. The molecule has 37 heavy (non-hydrogen) atoms. The predicted molar refractivity (Wildman–Crippen MR) is 128 cm³/mol. The molecule has 10 heteroatoms. The molecule has 0 bridgehead atoms. The van der Waals surface area contributed by atoms with Crippen LogP contribution < -0.4 is 5.73 Å². The number of carbonyl (C=O) groups excluding carboxylic acids is 3. The molecule has 10 nitrogen and oxygen atoms in total. The quantitative estimate of drug-likeness (QED) is 0.322. The van der Waals surface area contributed by atoms with E-state index >= 15 is 0 Å². The van der Waals surface area contributed by atoms with E-state index in [1.807, 2.05) is 0 Å². The summed E-state index contributed by atoms with van der Waals surface area (Å²) >= 11 is 0. The Balaban J connectivity index is 1.70. The van der Waals surface area contributed by atoms with Gasteiger partial charge in [0, 0.05) is 47.1 Å². The highest BCUT2D eigenvalue weighted by Gasteiger charge is 2.53. The van der Waals surface area contributed by atoms with Crippen LogP contribution in [0.5, 0.6) is 11.5 Å². The highest BCUT2D eigenvalue weighted by atomic mass is 16.7. The van der Waals surface area contributed by atoms with Gasteiger partial charge < -0.3 is 35.6 Å². The fraction of sp³-hybridized carbons (Fsp3) is 0.444. The summed E-state index contributed by atoms with van der Waals surface area (Å²) in [7, 11) is 0. The van der Waals surface area contributed by atoms with Gasteiger partial charge in [0.25, 0.3) is 0 Å². The molecular formula is C27H29NO9. The number of benzene rings is 2. The number of phenols is 2. The topological polar surface area (TPSA) is 177 Å². The summed E-state index contributed by atoms with van der Waals surface area (Å²) in [6, 6.07) is 5.40. The van der Waals surface area contributed by atoms with Gasteiger partial charge in [0.2, 0.25) is 0 Å². The number of aromatic hydroxyl groups is 2. The van der Waals surface area contributed by atoms with Crippen molar-refractivity contribution >= 4 is 17.3 Å². The Morgan fingerprint density at radius 3 is 2.19 bits per heavy atom. The number of phenolic OH excluding ortho intramolecular Hbond substituents is 2. The van der Waals surface area contributed by atoms with Crippen molar-refractivity contribution in [2.24, 2.45) is 11.7 Å². The van der Waals surface area contributed by atoms with Crippen molar-refractivity contribution in [2.45, 2.75) is 69.9 Å². The van der Waals surface area contributed by atoms with Gasteiger partial charge >= 0.3 is 0 Å². The largest absolute Gasteiger partial charge is 0.507 e. The van der Waals surface area contributed by atoms with Gasteiger partial charge in [-0.15, -0.1) is 0 Å². The fourth-order valence-corrected chi connectivity index (χ4v) is 5.77. The molecule has 1 saturated heterocycles. The third-order valence-corrected chi connectivity index (χ3v) is 8.06. The zero-order chi connectivity index (χ0) is 27.0. The molecule has 1 heterocycles. The van der Waals surface area contributed by atoms with Crippen molar-refractivity contribution < 1.29 is 44.3 Å². The molecular weight excluding hydrogens is 482 g/mol. The van der Waals surface area contributed by atoms with Gasteiger partial charge in [0.15, 0.2) is 23.6 Å². The highest BCUT2D eigenvalue weighted by Crippen LogP contribution is 2.54. The smallest absolute Gasteiger partial charge is 0.198 e. The fourth-order valence-electron chi connectivity index (χ4n) is 5.77. The molecule has 0 amide bonds. The van der Waals surface area contributed by atoms with E-state index in [0.717, 1.165) is 0 Å². The normalized spacial score (nSPS) is 32.9. The molecule has 2 aliphatic carbocycles. The maximum Gasteiger partial charge on any atom is 0.198 e. The molecule has 3 aliphatic rings. The Bertz CT molecular complexity index is 1330. The number of aliphatic hydroxyl groups is 2. The van der Waals surface area contributed by atoms with E-state index in [4.69, 9.17) is 15.2 Å². The van der Waals surface area contributed by atoms with Crippen LogP contribution >= 0.6 is 0 Å². The van der Waals surface area contributed by atoms with Crippen molar-refractivity contribution in [3.63, 3.8) is 0 Å². The van der Waals surface area contributed by atoms with E-state index in [9.17, 15) is 34.8 Å². The van der Waals surface area contributed by atoms with Crippen LogP contribution in [0.25, 0.3) is 0 Å². The lowest BCUT2D eigenvalue weighted by Gasteiger charge is -2.45. The highest BCUT2D eigenvalue weighted by molar-refractivity contribution is 6.30. The standard InChI is InChI=1S/C27H29NO9/c1-10-26(37-17-8-16(28)21(30)11(2)36-17)18-15(9-27(10,35)12(3)29)24(33)19-20(25(18)34)23(32)14-7-5-4-6-13(14)22(19)31/h4-7,10-11,16-17,21,26,30,33-35H,8-9,28H2,1-3H3. The Labute approximate surface area is 212 Å². The van der Waals surface area contributed by atoms with Gasteiger partial charge in [-0.3, -0.25) is 14.4 Å². The minimum atomic E-state index is -2.02. The monoisotopic (exact) mass is 511 g/mol. The van der Waals surface area contributed by atoms with Gasteiger partial charge in [0.05, 0.1) is 29.4 Å². The van der Waals surface area contributed by atoms with E-state index in [1.54, 1.807) is 26.0 Å². The summed E-state index contributed by atoms with van der Waals surface area (Å²) in [5.41, 5.74) is 3.36. The molecule has 7 unspecified atom stereocenters. The number of rotatable bonds is 3. The summed E-state index contributed by atoms with van der Waals surface area (Å²) in [4.78, 5) is 39.4. The number of carbonyl (C=O) groups is 3.